The molecule has 3 N–H and O–H groups in total. The van der Waals surface area contributed by atoms with E-state index in [-0.39, 0.29) is 18.6 Å². The van der Waals surface area contributed by atoms with Crippen molar-refractivity contribution in [2.75, 3.05) is 5.32 Å². The van der Waals surface area contributed by atoms with Gasteiger partial charge >= 0.3 is 18.2 Å². The second-order valence-electron chi connectivity index (χ2n) is 10.4. The molecule has 0 fully saturated rings. The second-order valence-corrected chi connectivity index (χ2v) is 11.3. The highest BCUT2D eigenvalue weighted by Crippen LogP contribution is 2.24. The molecule has 192 valence electrons. The average Bonchev–Trinajstić information content (AvgIpc) is 2.54. The van der Waals surface area contributed by atoms with E-state index in [0.717, 1.165) is 0 Å². The molecule has 0 radical (unpaired) electrons. The lowest BCUT2D eigenvalue weighted by molar-refractivity contribution is -0.154. The van der Waals surface area contributed by atoms with Crippen LogP contribution in [-0.4, -0.2) is 40.7 Å². The van der Waals surface area contributed by atoms with E-state index in [1.807, 2.05) is 0 Å². The molecule has 2 amide bonds. The maximum atomic E-state index is 12.5. The zero-order valence-electron chi connectivity index (χ0n) is 21.5. The van der Waals surface area contributed by atoms with Crippen LogP contribution in [0.25, 0.3) is 0 Å². The van der Waals surface area contributed by atoms with Gasteiger partial charge in [-0.1, -0.05) is 15.9 Å². The van der Waals surface area contributed by atoms with Crippen molar-refractivity contribution in [2.45, 2.75) is 92.0 Å². The van der Waals surface area contributed by atoms with E-state index < -0.39 is 35.0 Å². The van der Waals surface area contributed by atoms with E-state index >= 15 is 0 Å². The molecule has 0 spiro atoms. The van der Waals surface area contributed by atoms with E-state index in [1.165, 1.54) is 0 Å². The van der Waals surface area contributed by atoms with Gasteiger partial charge in [0.25, 0.3) is 0 Å². The average molecular weight is 545 g/mol. The van der Waals surface area contributed by atoms with Crippen molar-refractivity contribution in [1.82, 2.24) is 0 Å². The molecule has 0 unspecified atom stereocenters. The number of esters is 1. The Labute approximate surface area is 210 Å². The maximum absolute atomic E-state index is 12.5. The first-order chi connectivity index (χ1) is 15.2. The minimum atomic E-state index is -0.725. The third-order valence-electron chi connectivity index (χ3n) is 3.30. The molecule has 0 bridgehead atoms. The normalized spacial score (nSPS) is 11.5. The molecule has 1 aromatic rings. The Morgan fingerprint density at radius 2 is 1.32 bits per heavy atom. The largest absolute Gasteiger partial charge is 0.460 e. The predicted octanol–water partition coefficient (Wildman–Crippen LogP) is 5.98. The fraction of sp³-hybridized carbons (Fsp3) is 0.583. The van der Waals surface area contributed by atoms with Crippen molar-refractivity contribution in [1.29, 1.82) is 0 Å². The minimum Gasteiger partial charge on any atom is -0.460 e. The number of rotatable bonds is 5. The summed E-state index contributed by atoms with van der Waals surface area (Å²) in [5.41, 5.74) is 3.64. The first kappa shape index (κ1) is 31.4. The summed E-state index contributed by atoms with van der Waals surface area (Å²) >= 11 is 3.31. The summed E-state index contributed by atoms with van der Waals surface area (Å²) in [5, 5.41) is 2.59. The number of hydrogen-bond acceptors (Lipinski definition) is 7. The van der Waals surface area contributed by atoms with E-state index in [2.05, 4.69) is 26.0 Å². The zero-order valence-corrected chi connectivity index (χ0v) is 23.0. The SMILES string of the molecule is CC(C)(C)OC(=O)CCC(=O)c1ccc(Br)cc1NC(=O)OC(C)(C)C.CC(C)(C)OC(N)=O. The van der Waals surface area contributed by atoms with Gasteiger partial charge in [-0.15, -0.1) is 0 Å². The van der Waals surface area contributed by atoms with Gasteiger partial charge in [-0.2, -0.15) is 0 Å². The number of anilines is 1. The summed E-state index contributed by atoms with van der Waals surface area (Å²) in [4.78, 5) is 46.3. The Morgan fingerprint density at radius 3 is 1.74 bits per heavy atom. The predicted molar refractivity (Wildman–Crippen MR) is 134 cm³/mol. The molecule has 0 aromatic heterocycles. The molecule has 0 heterocycles. The van der Waals surface area contributed by atoms with Crippen LogP contribution in [0.3, 0.4) is 0 Å². The summed E-state index contributed by atoms with van der Waals surface area (Å²) < 4.78 is 15.7. The van der Waals surface area contributed by atoms with Gasteiger partial charge in [-0.3, -0.25) is 14.9 Å². The minimum absolute atomic E-state index is 0.0143. The topological polar surface area (TPSA) is 134 Å². The molecule has 0 aliphatic rings. The van der Waals surface area contributed by atoms with Crippen molar-refractivity contribution in [3.05, 3.63) is 28.2 Å². The Morgan fingerprint density at radius 1 is 0.824 bits per heavy atom. The maximum Gasteiger partial charge on any atom is 0.412 e. The summed E-state index contributed by atoms with van der Waals surface area (Å²) in [6.45, 7) is 15.8. The number of carbonyl (C=O) groups excluding carboxylic acids is 4. The molecular formula is C24H37BrN2O7. The van der Waals surface area contributed by atoms with Crippen LogP contribution in [-0.2, 0) is 19.0 Å². The van der Waals surface area contributed by atoms with Crippen LogP contribution < -0.4 is 11.1 Å². The van der Waals surface area contributed by atoms with Crippen LogP contribution >= 0.6 is 15.9 Å². The highest BCUT2D eigenvalue weighted by atomic mass is 79.9. The lowest BCUT2D eigenvalue weighted by Gasteiger charge is -2.20. The highest BCUT2D eigenvalue weighted by molar-refractivity contribution is 9.10. The number of carbonyl (C=O) groups is 4. The fourth-order valence-corrected chi connectivity index (χ4v) is 2.68. The molecule has 0 saturated carbocycles. The molecule has 1 aromatic carbocycles. The number of ether oxygens (including phenoxy) is 3. The molecule has 9 nitrogen and oxygen atoms in total. The first-order valence-corrected chi connectivity index (χ1v) is 11.5. The van der Waals surface area contributed by atoms with Crippen molar-refractivity contribution >= 4 is 45.6 Å². The van der Waals surface area contributed by atoms with Gasteiger partial charge in [0.15, 0.2) is 5.78 Å². The quantitative estimate of drug-likeness (QED) is 0.264. The fourth-order valence-electron chi connectivity index (χ4n) is 2.32. The Kier molecular flexibility index (Phi) is 11.8. The smallest absolute Gasteiger partial charge is 0.412 e. The number of primary amides is 1. The molecule has 1 rings (SSSR count). The van der Waals surface area contributed by atoms with Crippen LogP contribution in [0.15, 0.2) is 22.7 Å². The van der Waals surface area contributed by atoms with Crippen LogP contribution in [0.1, 0.15) is 85.5 Å². The molecular weight excluding hydrogens is 508 g/mol. The number of amides is 2. The van der Waals surface area contributed by atoms with Gasteiger partial charge in [-0.25, -0.2) is 9.59 Å². The summed E-state index contributed by atoms with van der Waals surface area (Å²) in [7, 11) is 0. The number of Topliss-reactive ketones (excluding diaryl/α,β-unsaturated/α-hetero) is 1. The monoisotopic (exact) mass is 544 g/mol. The number of halogens is 1. The molecule has 34 heavy (non-hydrogen) atoms. The van der Waals surface area contributed by atoms with Crippen molar-refractivity contribution in [2.24, 2.45) is 5.73 Å². The van der Waals surface area contributed by atoms with Gasteiger partial charge in [0, 0.05) is 16.5 Å². The van der Waals surface area contributed by atoms with Crippen molar-refractivity contribution in [3.63, 3.8) is 0 Å². The Hall–Kier alpha value is -2.62. The standard InChI is InChI=1S/C19H26BrNO5.C5H11NO2/c1-18(2,3)25-16(23)10-9-15(22)13-8-7-12(20)11-14(13)21-17(24)26-19(4,5)6;1-5(2,3)8-4(6)7/h7-8,11H,9-10H2,1-6H3,(H,21,24);1-3H3,(H2,6,7). The van der Waals surface area contributed by atoms with Crippen LogP contribution in [0.4, 0.5) is 15.3 Å². The van der Waals surface area contributed by atoms with Crippen molar-refractivity contribution in [3.8, 4) is 0 Å². The third-order valence-corrected chi connectivity index (χ3v) is 3.79. The van der Waals surface area contributed by atoms with Gasteiger partial charge in [0.1, 0.15) is 16.8 Å². The number of nitrogens with two attached hydrogens (primary N) is 1. The number of hydrogen-bond donors (Lipinski definition) is 2. The van der Waals surface area contributed by atoms with Crippen molar-refractivity contribution < 1.29 is 33.4 Å². The Bertz CT molecular complexity index is 879. The summed E-state index contributed by atoms with van der Waals surface area (Å²) in [6, 6.07) is 4.90. The number of benzene rings is 1. The van der Waals surface area contributed by atoms with Gasteiger partial charge in [-0.05, 0) is 80.5 Å². The van der Waals surface area contributed by atoms with Gasteiger partial charge < -0.3 is 19.9 Å². The van der Waals surface area contributed by atoms with E-state index in [1.54, 1.807) is 80.5 Å². The van der Waals surface area contributed by atoms with Crippen LogP contribution in [0, 0.1) is 0 Å². The number of ketones is 1. The Balaban J connectivity index is 0.00000116. The first-order valence-electron chi connectivity index (χ1n) is 10.7. The molecule has 10 heteroatoms. The van der Waals surface area contributed by atoms with Gasteiger partial charge in [0.2, 0.25) is 0 Å². The van der Waals surface area contributed by atoms with Gasteiger partial charge in [0.05, 0.1) is 12.1 Å². The van der Waals surface area contributed by atoms with Crippen LogP contribution in [0.5, 0.6) is 0 Å². The molecule has 0 saturated heterocycles. The lowest BCUT2D eigenvalue weighted by Crippen LogP contribution is -2.28. The molecule has 0 aliphatic carbocycles. The summed E-state index contributed by atoms with van der Waals surface area (Å²) in [6.07, 6.45) is -1.42. The summed E-state index contributed by atoms with van der Waals surface area (Å²) in [5.74, 6) is -0.709. The van der Waals surface area contributed by atoms with Crippen LogP contribution in [0.2, 0.25) is 0 Å². The second kappa shape index (κ2) is 12.7. The lowest BCUT2D eigenvalue weighted by atomic mass is 10.0. The highest BCUT2D eigenvalue weighted by Gasteiger charge is 2.21. The third kappa shape index (κ3) is 16.1. The van der Waals surface area contributed by atoms with E-state index in [4.69, 9.17) is 15.2 Å². The molecule has 0 atom stereocenters. The van der Waals surface area contributed by atoms with E-state index in [0.29, 0.717) is 15.7 Å². The molecule has 0 aliphatic heterocycles. The zero-order chi connectivity index (χ0) is 26.9. The number of nitrogens with one attached hydrogen (secondary N) is 1. The van der Waals surface area contributed by atoms with E-state index in [9.17, 15) is 19.2 Å².